The normalized spacial score (nSPS) is 18.8. The van der Waals surface area contributed by atoms with Crippen molar-refractivity contribution in [2.24, 2.45) is 11.7 Å². The van der Waals surface area contributed by atoms with E-state index in [0.717, 1.165) is 54.5 Å². The van der Waals surface area contributed by atoms with Crippen molar-refractivity contribution in [3.8, 4) is 0 Å². The molecule has 1 amide bonds. The minimum absolute atomic E-state index is 0.208. The Morgan fingerprint density at radius 1 is 1.03 bits per heavy atom. The fraction of sp³-hybridized carbons (Fsp3) is 0.348. The lowest BCUT2D eigenvalue weighted by atomic mass is 9.83. The molecule has 156 valence electrons. The molecule has 0 spiro atoms. The fourth-order valence-corrected chi connectivity index (χ4v) is 4.16. The zero-order valence-corrected chi connectivity index (χ0v) is 17.5. The van der Waals surface area contributed by atoms with Gasteiger partial charge in [0.25, 0.3) is 0 Å². The fourth-order valence-electron chi connectivity index (χ4n) is 4.03. The van der Waals surface area contributed by atoms with E-state index in [4.69, 9.17) is 27.3 Å². The molecule has 7 heteroatoms. The van der Waals surface area contributed by atoms with E-state index in [-0.39, 0.29) is 5.91 Å². The number of fused-ring (bicyclic) bond motifs is 1. The number of benzene rings is 2. The summed E-state index contributed by atoms with van der Waals surface area (Å²) in [5, 5.41) is 8.57. The number of hydrogen-bond donors (Lipinski definition) is 3. The van der Waals surface area contributed by atoms with E-state index in [1.54, 1.807) is 0 Å². The smallest absolute Gasteiger partial charge is 0.225 e. The summed E-state index contributed by atoms with van der Waals surface area (Å²) >= 11 is 6.00. The third-order valence-corrected chi connectivity index (χ3v) is 5.94. The van der Waals surface area contributed by atoms with Crippen molar-refractivity contribution in [1.82, 2.24) is 9.97 Å². The molecule has 4 N–H and O–H groups in total. The lowest BCUT2D eigenvalue weighted by Crippen LogP contribution is -2.27. The van der Waals surface area contributed by atoms with Crippen LogP contribution in [-0.4, -0.2) is 21.9 Å². The Bertz CT molecular complexity index is 1020. The second kappa shape index (κ2) is 9.30. The molecule has 1 fully saturated rings. The van der Waals surface area contributed by atoms with Crippen molar-refractivity contribution < 1.29 is 4.79 Å². The van der Waals surface area contributed by atoms with Gasteiger partial charge in [-0.05, 0) is 74.4 Å². The van der Waals surface area contributed by atoms with E-state index in [2.05, 4.69) is 10.6 Å². The van der Waals surface area contributed by atoms with Gasteiger partial charge in [0.1, 0.15) is 5.82 Å². The standard InChI is InChI=1S/C23H26ClN5O/c24-16-8-12-17(13-9-16)26-22-19-3-1-2-4-20(19)28-23(29-22)27-18-10-5-15(6-11-18)7-14-21(25)30/h1-4,8-9,12-13,15,18H,5-7,10-11,14H2,(H2,25,30)(H2,26,27,28,29). The molecule has 0 unspecified atom stereocenters. The van der Waals surface area contributed by atoms with Crippen molar-refractivity contribution in [2.45, 2.75) is 44.6 Å². The predicted molar refractivity (Wildman–Crippen MR) is 122 cm³/mol. The van der Waals surface area contributed by atoms with Crippen LogP contribution in [0.25, 0.3) is 10.9 Å². The van der Waals surface area contributed by atoms with Crippen LogP contribution in [0.3, 0.4) is 0 Å². The molecule has 1 aliphatic carbocycles. The number of rotatable bonds is 7. The molecule has 1 aliphatic rings. The van der Waals surface area contributed by atoms with Crippen LogP contribution in [0.15, 0.2) is 48.5 Å². The number of nitrogens with two attached hydrogens (primary N) is 1. The Morgan fingerprint density at radius 2 is 1.77 bits per heavy atom. The first-order valence-corrected chi connectivity index (χ1v) is 10.8. The number of halogens is 1. The molecule has 0 atom stereocenters. The number of para-hydroxylation sites is 1. The minimum Gasteiger partial charge on any atom is -0.370 e. The van der Waals surface area contributed by atoms with Crippen molar-refractivity contribution >= 4 is 45.9 Å². The Balaban J connectivity index is 1.48. The van der Waals surface area contributed by atoms with Crippen LogP contribution >= 0.6 is 11.6 Å². The average molecular weight is 424 g/mol. The molecule has 3 aromatic rings. The maximum Gasteiger partial charge on any atom is 0.225 e. The molecular weight excluding hydrogens is 398 g/mol. The van der Waals surface area contributed by atoms with Crippen LogP contribution in [-0.2, 0) is 4.79 Å². The van der Waals surface area contributed by atoms with Gasteiger partial charge in [0, 0.05) is 28.6 Å². The molecule has 4 rings (SSSR count). The summed E-state index contributed by atoms with van der Waals surface area (Å²) in [6, 6.07) is 15.9. The quantitative estimate of drug-likeness (QED) is 0.481. The SMILES string of the molecule is NC(=O)CCC1CCC(Nc2nc(Nc3ccc(Cl)cc3)c3ccccc3n2)CC1. The number of amides is 1. The van der Waals surface area contributed by atoms with Crippen LogP contribution in [0.2, 0.25) is 5.02 Å². The molecule has 2 aromatic carbocycles. The highest BCUT2D eigenvalue weighted by molar-refractivity contribution is 6.30. The van der Waals surface area contributed by atoms with Crippen molar-refractivity contribution in [1.29, 1.82) is 0 Å². The zero-order valence-electron chi connectivity index (χ0n) is 16.8. The van der Waals surface area contributed by atoms with Gasteiger partial charge in [0.2, 0.25) is 11.9 Å². The maximum atomic E-state index is 11.0. The summed E-state index contributed by atoms with van der Waals surface area (Å²) in [6.45, 7) is 0. The number of hydrogen-bond acceptors (Lipinski definition) is 5. The molecule has 6 nitrogen and oxygen atoms in total. The second-order valence-corrected chi connectivity index (χ2v) is 8.35. The van der Waals surface area contributed by atoms with Gasteiger partial charge < -0.3 is 16.4 Å². The molecule has 1 heterocycles. The van der Waals surface area contributed by atoms with Gasteiger partial charge in [0.05, 0.1) is 5.52 Å². The molecule has 30 heavy (non-hydrogen) atoms. The van der Waals surface area contributed by atoms with Gasteiger partial charge in [-0.1, -0.05) is 23.7 Å². The Kier molecular flexibility index (Phi) is 6.33. The van der Waals surface area contributed by atoms with Gasteiger partial charge in [-0.25, -0.2) is 4.98 Å². The van der Waals surface area contributed by atoms with Crippen molar-refractivity contribution in [3.05, 3.63) is 53.6 Å². The van der Waals surface area contributed by atoms with E-state index in [1.165, 1.54) is 0 Å². The summed E-state index contributed by atoms with van der Waals surface area (Å²) in [5.41, 5.74) is 7.09. The Morgan fingerprint density at radius 3 is 2.50 bits per heavy atom. The first-order chi connectivity index (χ1) is 14.6. The summed E-state index contributed by atoms with van der Waals surface area (Å²) in [6.07, 6.45) is 5.64. The monoisotopic (exact) mass is 423 g/mol. The van der Waals surface area contributed by atoms with Crippen LogP contribution in [0.5, 0.6) is 0 Å². The van der Waals surface area contributed by atoms with Crippen molar-refractivity contribution in [2.75, 3.05) is 10.6 Å². The lowest BCUT2D eigenvalue weighted by Gasteiger charge is -2.29. The van der Waals surface area contributed by atoms with E-state index in [1.807, 2.05) is 48.5 Å². The highest BCUT2D eigenvalue weighted by Gasteiger charge is 2.22. The van der Waals surface area contributed by atoms with Crippen LogP contribution in [0, 0.1) is 5.92 Å². The predicted octanol–water partition coefficient (Wildman–Crippen LogP) is 5.26. The second-order valence-electron chi connectivity index (χ2n) is 7.91. The number of primary amides is 1. The first kappa shape index (κ1) is 20.4. The number of anilines is 3. The summed E-state index contributed by atoms with van der Waals surface area (Å²) in [4.78, 5) is 20.5. The number of nitrogens with zero attached hydrogens (tertiary/aromatic N) is 2. The highest BCUT2D eigenvalue weighted by Crippen LogP contribution is 2.30. The minimum atomic E-state index is -0.208. The molecule has 0 aliphatic heterocycles. The Labute approximate surface area is 181 Å². The third-order valence-electron chi connectivity index (χ3n) is 5.69. The Hall–Kier alpha value is -2.86. The maximum absolute atomic E-state index is 11.0. The van der Waals surface area contributed by atoms with E-state index in [0.29, 0.717) is 29.4 Å². The summed E-state index contributed by atoms with van der Waals surface area (Å²) in [7, 11) is 0. The van der Waals surface area contributed by atoms with E-state index >= 15 is 0 Å². The average Bonchev–Trinajstić information content (AvgIpc) is 2.75. The molecule has 1 saturated carbocycles. The van der Waals surface area contributed by atoms with Gasteiger partial charge in [-0.3, -0.25) is 4.79 Å². The lowest BCUT2D eigenvalue weighted by molar-refractivity contribution is -0.118. The third kappa shape index (κ3) is 5.19. The van der Waals surface area contributed by atoms with Gasteiger partial charge in [-0.15, -0.1) is 0 Å². The number of carbonyl (C=O) groups excluding carboxylic acids is 1. The summed E-state index contributed by atoms with van der Waals surface area (Å²) < 4.78 is 0. The van der Waals surface area contributed by atoms with Crippen LogP contribution in [0.1, 0.15) is 38.5 Å². The van der Waals surface area contributed by atoms with E-state index in [9.17, 15) is 4.79 Å². The van der Waals surface area contributed by atoms with Gasteiger partial charge in [0.15, 0.2) is 0 Å². The molecule has 0 radical (unpaired) electrons. The van der Waals surface area contributed by atoms with Crippen molar-refractivity contribution in [3.63, 3.8) is 0 Å². The van der Waals surface area contributed by atoms with E-state index < -0.39 is 0 Å². The summed E-state index contributed by atoms with van der Waals surface area (Å²) in [5.74, 6) is 1.77. The van der Waals surface area contributed by atoms with Gasteiger partial charge >= 0.3 is 0 Å². The van der Waals surface area contributed by atoms with Crippen LogP contribution in [0.4, 0.5) is 17.5 Å². The molecular formula is C23H26ClN5O. The first-order valence-electron chi connectivity index (χ1n) is 10.4. The molecule has 0 saturated heterocycles. The number of nitrogens with one attached hydrogen (secondary N) is 2. The molecule has 0 bridgehead atoms. The van der Waals surface area contributed by atoms with Crippen LogP contribution < -0.4 is 16.4 Å². The topological polar surface area (TPSA) is 92.9 Å². The van der Waals surface area contributed by atoms with Gasteiger partial charge in [-0.2, -0.15) is 4.98 Å². The highest BCUT2D eigenvalue weighted by atomic mass is 35.5. The zero-order chi connectivity index (χ0) is 20.9. The largest absolute Gasteiger partial charge is 0.370 e. The number of aromatic nitrogens is 2. The molecule has 1 aromatic heterocycles. The number of carbonyl (C=O) groups is 1.